The van der Waals surface area contributed by atoms with Gasteiger partial charge in [0.05, 0.1) is 17.7 Å². The molecule has 0 heterocycles. The first kappa shape index (κ1) is 17.1. The van der Waals surface area contributed by atoms with Gasteiger partial charge in [0.15, 0.2) is 0 Å². The maximum absolute atomic E-state index is 11.9. The molecule has 0 spiro atoms. The molecule has 6 nitrogen and oxygen atoms in total. The van der Waals surface area contributed by atoms with Gasteiger partial charge in [0.1, 0.15) is 0 Å². The maximum Gasteiger partial charge on any atom is 0.255 e. The lowest BCUT2D eigenvalue weighted by molar-refractivity contribution is -0.119. The number of carbonyl (C=O) groups is 1. The van der Waals surface area contributed by atoms with Crippen LogP contribution in [0.5, 0.6) is 0 Å². The second-order valence-electron chi connectivity index (χ2n) is 4.48. The standard InChI is InChI=1S/C15H14ClN3O3S/c16-13-8-6-12(7-9-13)10-17-19-15(20)11-18-23(21,22)14-4-2-1-3-5-14/h1-10,18H,11H2,(H,19,20)/b17-10+. The lowest BCUT2D eigenvalue weighted by Gasteiger charge is -2.05. The van der Waals surface area contributed by atoms with E-state index < -0.39 is 22.5 Å². The van der Waals surface area contributed by atoms with Crippen molar-refractivity contribution in [2.45, 2.75) is 4.90 Å². The van der Waals surface area contributed by atoms with Gasteiger partial charge in [-0.3, -0.25) is 4.79 Å². The number of nitrogens with one attached hydrogen (secondary N) is 2. The molecule has 2 rings (SSSR count). The topological polar surface area (TPSA) is 87.6 Å². The van der Waals surface area contributed by atoms with Crippen LogP contribution < -0.4 is 10.1 Å². The van der Waals surface area contributed by atoms with Gasteiger partial charge in [-0.1, -0.05) is 41.9 Å². The van der Waals surface area contributed by atoms with Gasteiger partial charge in [-0.15, -0.1) is 0 Å². The van der Waals surface area contributed by atoms with Gasteiger partial charge >= 0.3 is 0 Å². The number of nitrogens with zero attached hydrogens (tertiary/aromatic N) is 1. The highest BCUT2D eigenvalue weighted by Gasteiger charge is 2.14. The zero-order valence-electron chi connectivity index (χ0n) is 11.9. The number of halogens is 1. The summed E-state index contributed by atoms with van der Waals surface area (Å²) in [4.78, 5) is 11.7. The monoisotopic (exact) mass is 351 g/mol. The van der Waals surface area contributed by atoms with E-state index in [2.05, 4.69) is 15.2 Å². The molecule has 0 aromatic heterocycles. The Hall–Kier alpha value is -2.22. The molecule has 120 valence electrons. The number of carbonyl (C=O) groups excluding carboxylic acids is 1. The average molecular weight is 352 g/mol. The molecule has 0 unspecified atom stereocenters. The van der Waals surface area contributed by atoms with Crippen molar-refractivity contribution in [1.29, 1.82) is 0 Å². The van der Waals surface area contributed by atoms with Crippen LogP contribution in [0.4, 0.5) is 0 Å². The fourth-order valence-corrected chi connectivity index (χ4v) is 2.74. The van der Waals surface area contributed by atoms with Crippen molar-refractivity contribution in [3.8, 4) is 0 Å². The van der Waals surface area contributed by atoms with E-state index >= 15 is 0 Å². The van der Waals surface area contributed by atoms with E-state index in [-0.39, 0.29) is 4.90 Å². The molecule has 23 heavy (non-hydrogen) atoms. The van der Waals surface area contributed by atoms with Crippen LogP contribution in [0.2, 0.25) is 5.02 Å². The number of sulfonamides is 1. The van der Waals surface area contributed by atoms with Crippen molar-refractivity contribution in [2.24, 2.45) is 5.10 Å². The maximum atomic E-state index is 11.9. The SMILES string of the molecule is O=C(CNS(=O)(=O)c1ccccc1)N/N=C/c1ccc(Cl)cc1. The predicted octanol–water partition coefficient (Wildman–Crippen LogP) is 1.77. The molecule has 2 aromatic rings. The Bertz CT molecular complexity index is 790. The molecular formula is C15H14ClN3O3S. The molecular weight excluding hydrogens is 338 g/mol. The molecule has 0 atom stereocenters. The highest BCUT2D eigenvalue weighted by Crippen LogP contribution is 2.08. The molecule has 0 fully saturated rings. The van der Waals surface area contributed by atoms with Crippen molar-refractivity contribution in [3.63, 3.8) is 0 Å². The van der Waals surface area contributed by atoms with Crippen molar-refractivity contribution < 1.29 is 13.2 Å². The van der Waals surface area contributed by atoms with E-state index in [9.17, 15) is 13.2 Å². The first-order chi connectivity index (χ1) is 11.0. The minimum atomic E-state index is -3.71. The van der Waals surface area contributed by atoms with E-state index in [1.165, 1.54) is 18.3 Å². The molecule has 0 radical (unpaired) electrons. The number of amides is 1. The Morgan fingerprint density at radius 1 is 1.09 bits per heavy atom. The Balaban J connectivity index is 1.84. The summed E-state index contributed by atoms with van der Waals surface area (Å²) in [6, 6.07) is 14.6. The van der Waals surface area contributed by atoms with E-state index in [1.54, 1.807) is 42.5 Å². The lowest BCUT2D eigenvalue weighted by Crippen LogP contribution is -2.34. The molecule has 0 aliphatic rings. The van der Waals surface area contributed by atoms with Crippen LogP contribution in [0.3, 0.4) is 0 Å². The number of hydrogen-bond donors (Lipinski definition) is 2. The second kappa shape index (κ2) is 7.87. The van der Waals surface area contributed by atoms with E-state index in [4.69, 9.17) is 11.6 Å². The summed E-state index contributed by atoms with van der Waals surface area (Å²) in [5.41, 5.74) is 2.99. The fourth-order valence-electron chi connectivity index (χ4n) is 1.61. The van der Waals surface area contributed by atoms with E-state index in [0.717, 1.165) is 5.56 Å². The third-order valence-electron chi connectivity index (χ3n) is 2.75. The van der Waals surface area contributed by atoms with Crippen molar-refractivity contribution in [1.82, 2.24) is 10.1 Å². The molecule has 2 N–H and O–H groups in total. The summed E-state index contributed by atoms with van der Waals surface area (Å²) in [7, 11) is -3.71. The quantitative estimate of drug-likeness (QED) is 0.614. The predicted molar refractivity (Wildman–Crippen MR) is 88.8 cm³/mol. The molecule has 0 bridgehead atoms. The molecule has 0 aliphatic heterocycles. The Kier molecular flexibility index (Phi) is 5.86. The smallest absolute Gasteiger partial charge is 0.255 e. The Morgan fingerprint density at radius 3 is 2.39 bits per heavy atom. The number of hydrazone groups is 1. The lowest BCUT2D eigenvalue weighted by atomic mass is 10.2. The summed E-state index contributed by atoms with van der Waals surface area (Å²) < 4.78 is 26.0. The Morgan fingerprint density at radius 2 is 1.74 bits per heavy atom. The van der Waals surface area contributed by atoms with Crippen molar-refractivity contribution in [3.05, 3.63) is 65.2 Å². The third-order valence-corrected chi connectivity index (χ3v) is 4.42. The summed E-state index contributed by atoms with van der Waals surface area (Å²) in [5.74, 6) is -0.574. The van der Waals surface area contributed by atoms with Gasteiger partial charge in [0.25, 0.3) is 5.91 Å². The number of benzene rings is 2. The van der Waals surface area contributed by atoms with Crippen molar-refractivity contribution >= 4 is 33.7 Å². The summed E-state index contributed by atoms with van der Waals surface area (Å²) >= 11 is 5.75. The molecule has 0 saturated carbocycles. The van der Waals surface area contributed by atoms with Gasteiger partial charge in [-0.25, -0.2) is 18.6 Å². The third kappa shape index (κ3) is 5.48. The van der Waals surface area contributed by atoms with Gasteiger partial charge in [-0.2, -0.15) is 5.10 Å². The first-order valence-electron chi connectivity index (χ1n) is 6.59. The van der Waals surface area contributed by atoms with Crippen molar-refractivity contribution in [2.75, 3.05) is 6.54 Å². The normalized spacial score (nSPS) is 11.5. The van der Waals surface area contributed by atoms with Crippen LogP contribution in [0.1, 0.15) is 5.56 Å². The van der Waals surface area contributed by atoms with Crippen LogP contribution in [0, 0.1) is 0 Å². The number of hydrogen-bond acceptors (Lipinski definition) is 4. The van der Waals surface area contributed by atoms with Crippen LogP contribution in [-0.2, 0) is 14.8 Å². The zero-order chi connectivity index (χ0) is 16.7. The van der Waals surface area contributed by atoms with Gasteiger partial charge < -0.3 is 0 Å². The summed E-state index contributed by atoms with van der Waals surface area (Å²) in [5, 5.41) is 4.34. The molecule has 2 aromatic carbocycles. The Labute approximate surface area is 139 Å². The van der Waals surface area contributed by atoms with Crippen LogP contribution in [0.15, 0.2) is 64.6 Å². The minimum Gasteiger partial charge on any atom is -0.272 e. The molecule has 1 amide bonds. The minimum absolute atomic E-state index is 0.0949. The van der Waals surface area contributed by atoms with Gasteiger partial charge in [-0.05, 0) is 29.8 Å². The second-order valence-corrected chi connectivity index (χ2v) is 6.69. The van der Waals surface area contributed by atoms with Gasteiger partial charge in [0, 0.05) is 5.02 Å². The van der Waals surface area contributed by atoms with E-state index in [0.29, 0.717) is 5.02 Å². The first-order valence-corrected chi connectivity index (χ1v) is 8.46. The molecule has 0 saturated heterocycles. The summed E-state index contributed by atoms with van der Waals surface area (Å²) in [6.45, 7) is -0.408. The van der Waals surface area contributed by atoms with Crippen LogP contribution in [-0.4, -0.2) is 27.1 Å². The van der Waals surface area contributed by atoms with Crippen LogP contribution in [0.25, 0.3) is 0 Å². The average Bonchev–Trinajstić information content (AvgIpc) is 2.56. The largest absolute Gasteiger partial charge is 0.272 e. The van der Waals surface area contributed by atoms with E-state index in [1.807, 2.05) is 0 Å². The highest BCUT2D eigenvalue weighted by molar-refractivity contribution is 7.89. The molecule has 8 heteroatoms. The zero-order valence-corrected chi connectivity index (χ0v) is 13.5. The van der Waals surface area contributed by atoms with Gasteiger partial charge in [0.2, 0.25) is 10.0 Å². The fraction of sp³-hybridized carbons (Fsp3) is 0.0667. The summed E-state index contributed by atoms with van der Waals surface area (Å²) in [6.07, 6.45) is 1.43. The van der Waals surface area contributed by atoms with Crippen LogP contribution >= 0.6 is 11.6 Å². The number of rotatable bonds is 6. The highest BCUT2D eigenvalue weighted by atomic mass is 35.5. The molecule has 0 aliphatic carbocycles.